The molecule has 0 fully saturated rings. The van der Waals surface area contributed by atoms with Crippen LogP contribution < -0.4 is 0 Å². The minimum Gasteiger partial charge on any atom is -0.135 e. The summed E-state index contributed by atoms with van der Waals surface area (Å²) in [5.74, 6) is 0. The highest BCUT2D eigenvalue weighted by atomic mass is 32.1. The first-order chi connectivity index (χ1) is 20.1. The Labute approximate surface area is 245 Å². The van der Waals surface area contributed by atoms with Gasteiger partial charge in [0.25, 0.3) is 0 Å². The van der Waals surface area contributed by atoms with E-state index >= 15 is 0 Å². The van der Waals surface area contributed by atoms with Crippen molar-refractivity contribution in [2.45, 2.75) is 13.8 Å². The van der Waals surface area contributed by atoms with Crippen LogP contribution in [0.15, 0.2) is 146 Å². The first-order valence-electron chi connectivity index (χ1n) is 14.0. The molecule has 0 spiro atoms. The number of benzene rings is 7. The van der Waals surface area contributed by atoms with Gasteiger partial charge in [-0.05, 0) is 92.0 Å². The molecule has 1 heterocycles. The molecule has 0 saturated heterocycles. The molecule has 0 N–H and O–H groups in total. The first-order valence-corrected chi connectivity index (χ1v) is 14.9. The second kappa shape index (κ2) is 10.4. The highest BCUT2D eigenvalue weighted by Gasteiger charge is 2.19. The van der Waals surface area contributed by atoms with Gasteiger partial charge in [-0.15, -0.1) is 17.9 Å². The molecule has 0 aliphatic heterocycles. The average molecular weight is 543 g/mol. The molecule has 0 bridgehead atoms. The van der Waals surface area contributed by atoms with Crippen molar-refractivity contribution in [2.24, 2.45) is 0 Å². The van der Waals surface area contributed by atoms with Crippen LogP contribution in [-0.2, 0) is 0 Å². The van der Waals surface area contributed by atoms with Crippen molar-refractivity contribution in [1.82, 2.24) is 0 Å². The van der Waals surface area contributed by atoms with Gasteiger partial charge < -0.3 is 0 Å². The third kappa shape index (κ3) is 4.49. The Morgan fingerprint density at radius 2 is 1.02 bits per heavy atom. The largest absolute Gasteiger partial charge is 0.135 e. The topological polar surface area (TPSA) is 0 Å². The van der Waals surface area contributed by atoms with E-state index in [4.69, 9.17) is 0 Å². The van der Waals surface area contributed by atoms with Crippen molar-refractivity contribution in [1.29, 1.82) is 0 Å². The summed E-state index contributed by atoms with van der Waals surface area (Å²) in [7, 11) is 0. The van der Waals surface area contributed by atoms with Crippen LogP contribution in [0.2, 0.25) is 0 Å². The Hall–Kier alpha value is -4.72. The molecule has 8 rings (SSSR count). The van der Waals surface area contributed by atoms with Crippen LogP contribution in [0.1, 0.15) is 13.8 Å². The highest BCUT2D eigenvalue weighted by molar-refractivity contribution is 7.22. The zero-order valence-corrected chi connectivity index (χ0v) is 24.1. The van der Waals surface area contributed by atoms with Gasteiger partial charge in [0.05, 0.1) is 0 Å². The van der Waals surface area contributed by atoms with Gasteiger partial charge in [-0.25, -0.2) is 0 Å². The predicted octanol–water partition coefficient (Wildman–Crippen LogP) is 12.4. The smallest absolute Gasteiger partial charge is 0.0361 e. The monoisotopic (exact) mass is 542 g/mol. The summed E-state index contributed by atoms with van der Waals surface area (Å²) in [5.41, 5.74) is 7.57. The van der Waals surface area contributed by atoms with Crippen molar-refractivity contribution in [3.8, 4) is 32.7 Å². The first kappa shape index (κ1) is 25.3. The van der Waals surface area contributed by atoms with Gasteiger partial charge in [-0.1, -0.05) is 121 Å². The molecule has 0 atom stereocenters. The fraction of sp³-hybridized carbons (Fsp3) is 0.0500. The van der Waals surface area contributed by atoms with E-state index in [1.54, 1.807) is 0 Å². The second-order valence-electron chi connectivity index (χ2n) is 10.9. The lowest BCUT2D eigenvalue weighted by Crippen LogP contribution is -1.91. The molecule has 0 unspecified atom stereocenters. The molecular formula is C40H30S. The van der Waals surface area contributed by atoms with Crippen LogP contribution in [0.25, 0.3) is 75.1 Å². The van der Waals surface area contributed by atoms with E-state index in [-0.39, 0.29) is 0 Å². The van der Waals surface area contributed by atoms with E-state index in [1.165, 1.54) is 80.7 Å². The summed E-state index contributed by atoms with van der Waals surface area (Å²) in [5, 5.41) is 9.27. The minimum atomic E-state index is 1.17. The van der Waals surface area contributed by atoms with Gasteiger partial charge in [0.1, 0.15) is 0 Å². The fourth-order valence-electron chi connectivity index (χ4n) is 5.94. The Morgan fingerprint density at radius 1 is 0.488 bits per heavy atom. The maximum absolute atomic E-state index is 3.56. The highest BCUT2D eigenvalue weighted by Crippen LogP contribution is 2.47. The summed E-state index contributed by atoms with van der Waals surface area (Å²) in [6.07, 6.45) is 0. The Bertz CT molecular complexity index is 2130. The predicted molar refractivity (Wildman–Crippen MR) is 182 cm³/mol. The van der Waals surface area contributed by atoms with Crippen LogP contribution >= 0.6 is 11.3 Å². The molecule has 0 radical (unpaired) electrons. The van der Waals surface area contributed by atoms with Crippen LogP contribution in [0.3, 0.4) is 0 Å². The third-order valence-corrected chi connectivity index (χ3v) is 8.79. The summed E-state index contributed by atoms with van der Waals surface area (Å²) >= 11 is 1.88. The quantitative estimate of drug-likeness (QED) is 0.154. The molecular weight excluding hydrogens is 513 g/mol. The van der Waals surface area contributed by atoms with Gasteiger partial charge in [0.15, 0.2) is 0 Å². The molecule has 0 nitrogen and oxygen atoms in total. The second-order valence-corrected chi connectivity index (χ2v) is 12.0. The number of hydrogen-bond donors (Lipinski definition) is 0. The molecule has 0 aliphatic rings. The van der Waals surface area contributed by atoms with Gasteiger partial charge in [-0.2, -0.15) is 0 Å². The summed E-state index contributed by atoms with van der Waals surface area (Å²) in [6.45, 7) is 7.50. The van der Waals surface area contributed by atoms with E-state index in [0.29, 0.717) is 0 Å². The fourth-order valence-corrected chi connectivity index (χ4v) is 7.03. The Balaban J connectivity index is 0.000000651. The lowest BCUT2D eigenvalue weighted by atomic mass is 9.85. The van der Waals surface area contributed by atoms with Crippen molar-refractivity contribution in [3.63, 3.8) is 0 Å². The van der Waals surface area contributed by atoms with Crippen molar-refractivity contribution in [3.05, 3.63) is 146 Å². The van der Waals surface area contributed by atoms with Crippen molar-refractivity contribution in [2.75, 3.05) is 0 Å². The summed E-state index contributed by atoms with van der Waals surface area (Å²) in [6, 6.07) is 49.0. The van der Waals surface area contributed by atoms with Crippen molar-refractivity contribution >= 4 is 53.7 Å². The zero-order valence-electron chi connectivity index (χ0n) is 23.3. The maximum Gasteiger partial charge on any atom is 0.0361 e. The number of thiophene rings is 1. The number of rotatable bonds is 3. The van der Waals surface area contributed by atoms with E-state index < -0.39 is 0 Å². The molecule has 8 aromatic rings. The average Bonchev–Trinajstić information content (AvgIpc) is 3.44. The van der Waals surface area contributed by atoms with E-state index in [1.807, 2.05) is 25.2 Å². The third-order valence-electron chi connectivity index (χ3n) is 7.64. The standard InChI is InChI=1S/C36H22S.C4H8/c1-3-9-23(10-4-1)27-17-15-25-16-18-29-31(24-11-5-2-6-12-24)22-32(30-20-19-28(27)35(25)36(29)30)34-21-26-13-7-8-14-33(26)37-34;1-4(2)3/h1-22H;1H2,2-3H3. The molecule has 0 saturated carbocycles. The number of fused-ring (bicyclic) bond motifs is 1. The van der Waals surface area contributed by atoms with Crippen LogP contribution in [-0.4, -0.2) is 0 Å². The van der Waals surface area contributed by atoms with Gasteiger partial charge in [0.2, 0.25) is 0 Å². The van der Waals surface area contributed by atoms with Gasteiger partial charge in [0, 0.05) is 15.1 Å². The maximum atomic E-state index is 3.56. The van der Waals surface area contributed by atoms with Crippen LogP contribution in [0.4, 0.5) is 0 Å². The molecule has 0 aliphatic carbocycles. The normalized spacial score (nSPS) is 11.3. The lowest BCUT2D eigenvalue weighted by molar-refractivity contribution is 1.42. The Kier molecular flexibility index (Phi) is 6.38. The molecule has 1 heteroatoms. The SMILES string of the molecule is C=C(C)C.c1ccc(-c2ccc3ccc4c(-c5ccccc5)cc(-c5cc6ccccc6s5)c5ccc2c3c45)cc1. The molecule has 41 heavy (non-hydrogen) atoms. The molecule has 1 aromatic heterocycles. The van der Waals surface area contributed by atoms with Gasteiger partial charge in [-0.3, -0.25) is 0 Å². The molecule has 7 aromatic carbocycles. The summed E-state index contributed by atoms with van der Waals surface area (Å²) in [4.78, 5) is 1.32. The molecule has 0 amide bonds. The van der Waals surface area contributed by atoms with Crippen LogP contribution in [0.5, 0.6) is 0 Å². The van der Waals surface area contributed by atoms with E-state index in [2.05, 4.69) is 140 Å². The van der Waals surface area contributed by atoms with Crippen molar-refractivity contribution < 1.29 is 0 Å². The summed E-state index contributed by atoms with van der Waals surface area (Å²) < 4.78 is 1.33. The van der Waals surface area contributed by atoms with Crippen LogP contribution in [0, 0.1) is 0 Å². The van der Waals surface area contributed by atoms with Gasteiger partial charge >= 0.3 is 0 Å². The van der Waals surface area contributed by atoms with E-state index in [9.17, 15) is 0 Å². The zero-order chi connectivity index (χ0) is 27.9. The number of allylic oxidation sites excluding steroid dienone is 1. The Morgan fingerprint density at radius 3 is 1.71 bits per heavy atom. The lowest BCUT2D eigenvalue weighted by Gasteiger charge is -2.19. The minimum absolute atomic E-state index is 1.17. The number of hydrogen-bond acceptors (Lipinski definition) is 1. The molecule has 196 valence electrons. The van der Waals surface area contributed by atoms with E-state index in [0.717, 1.165) is 0 Å².